The average molecular weight is 462 g/mol. The highest BCUT2D eigenvalue weighted by Crippen LogP contribution is 2.45. The fourth-order valence-corrected chi connectivity index (χ4v) is 4.43. The Morgan fingerprint density at radius 2 is 1.91 bits per heavy atom. The van der Waals surface area contributed by atoms with E-state index in [4.69, 9.17) is 4.74 Å². The molecule has 2 heterocycles. The number of aryl methyl sites for hydroxylation is 1. The van der Waals surface area contributed by atoms with Crippen molar-refractivity contribution in [2.24, 2.45) is 0 Å². The van der Waals surface area contributed by atoms with Gasteiger partial charge in [-0.05, 0) is 42.5 Å². The molecule has 2 N–H and O–H groups in total. The van der Waals surface area contributed by atoms with Gasteiger partial charge in [0.1, 0.15) is 5.75 Å². The maximum Gasteiger partial charge on any atom is 0.418 e. The smallest absolute Gasteiger partial charge is 0.418 e. The minimum atomic E-state index is -4.88. The average Bonchev–Trinajstić information content (AvgIpc) is 3.22. The van der Waals surface area contributed by atoms with Crippen molar-refractivity contribution >= 4 is 16.5 Å². The SMILES string of the molecule is Cc1noc(=O)c2ccc(NCC(O)(CC(C)(C)c3cccc4c3OCC4)C(F)(F)F)cc12. The topological polar surface area (TPSA) is 84.6 Å². The zero-order valence-corrected chi connectivity index (χ0v) is 18.5. The summed E-state index contributed by atoms with van der Waals surface area (Å²) in [6, 6.07) is 9.90. The largest absolute Gasteiger partial charge is 0.493 e. The number of halogens is 3. The second kappa shape index (κ2) is 8.06. The van der Waals surface area contributed by atoms with Crippen LogP contribution in [0.5, 0.6) is 5.75 Å². The van der Waals surface area contributed by atoms with Gasteiger partial charge >= 0.3 is 11.8 Å². The highest BCUT2D eigenvalue weighted by atomic mass is 19.4. The van der Waals surface area contributed by atoms with Crippen LogP contribution in [0.1, 0.15) is 37.1 Å². The molecule has 1 aliphatic rings. The van der Waals surface area contributed by atoms with Crippen LogP contribution in [0.4, 0.5) is 18.9 Å². The molecule has 1 aliphatic heterocycles. The standard InChI is InChI=1S/C24H25F3N2O4/c1-14-18-11-16(7-8-17(18)21(30)33-29-14)28-13-23(31,24(25,26)27)12-22(2,3)19-6-4-5-15-9-10-32-20(15)19/h4-8,11,28,31H,9-10,12-13H2,1-3H3. The van der Waals surface area contributed by atoms with Gasteiger partial charge in [-0.25, -0.2) is 4.79 Å². The zero-order chi connectivity index (χ0) is 24.0. The zero-order valence-electron chi connectivity index (χ0n) is 18.5. The van der Waals surface area contributed by atoms with Gasteiger partial charge in [-0.3, -0.25) is 0 Å². The molecule has 33 heavy (non-hydrogen) atoms. The van der Waals surface area contributed by atoms with Gasteiger partial charge in [0, 0.05) is 23.1 Å². The number of fused-ring (bicyclic) bond motifs is 2. The predicted molar refractivity (Wildman–Crippen MR) is 118 cm³/mol. The minimum absolute atomic E-state index is 0.276. The molecular weight excluding hydrogens is 437 g/mol. The van der Waals surface area contributed by atoms with Crippen molar-refractivity contribution in [3.05, 3.63) is 63.6 Å². The van der Waals surface area contributed by atoms with Gasteiger partial charge in [0.05, 0.1) is 24.2 Å². The van der Waals surface area contributed by atoms with Crippen molar-refractivity contribution in [3.63, 3.8) is 0 Å². The van der Waals surface area contributed by atoms with E-state index in [2.05, 4.69) is 15.0 Å². The fourth-order valence-electron chi connectivity index (χ4n) is 4.43. The van der Waals surface area contributed by atoms with Crippen molar-refractivity contribution < 1.29 is 27.5 Å². The number of hydrogen-bond donors (Lipinski definition) is 2. The fraction of sp³-hybridized carbons (Fsp3) is 0.417. The summed E-state index contributed by atoms with van der Waals surface area (Å²) in [5.41, 5.74) is -2.33. The van der Waals surface area contributed by atoms with Crippen LogP contribution in [0.25, 0.3) is 10.8 Å². The quantitative estimate of drug-likeness (QED) is 0.561. The Labute approximate surface area is 188 Å². The number of nitrogens with zero attached hydrogens (tertiary/aromatic N) is 1. The van der Waals surface area contributed by atoms with Gasteiger partial charge in [0.2, 0.25) is 0 Å². The number of benzene rings is 2. The van der Waals surface area contributed by atoms with Gasteiger partial charge in [0.25, 0.3) is 0 Å². The summed E-state index contributed by atoms with van der Waals surface area (Å²) in [7, 11) is 0. The maximum absolute atomic E-state index is 14.1. The molecule has 1 unspecified atom stereocenters. The van der Waals surface area contributed by atoms with Crippen molar-refractivity contribution in [2.75, 3.05) is 18.5 Å². The Balaban J connectivity index is 1.62. The molecule has 1 aromatic heterocycles. The maximum atomic E-state index is 14.1. The van der Waals surface area contributed by atoms with Gasteiger partial charge in [-0.1, -0.05) is 37.2 Å². The summed E-state index contributed by atoms with van der Waals surface area (Å²) in [5.74, 6) is 0.608. The molecular formula is C24H25F3N2O4. The van der Waals surface area contributed by atoms with Crippen molar-refractivity contribution in [1.82, 2.24) is 5.16 Å². The van der Waals surface area contributed by atoms with Crippen molar-refractivity contribution in [1.29, 1.82) is 0 Å². The number of anilines is 1. The Morgan fingerprint density at radius 1 is 1.15 bits per heavy atom. The number of aliphatic hydroxyl groups is 1. The van der Waals surface area contributed by atoms with E-state index in [1.807, 2.05) is 6.07 Å². The van der Waals surface area contributed by atoms with Gasteiger partial charge in [0.15, 0.2) is 5.60 Å². The lowest BCUT2D eigenvalue weighted by Gasteiger charge is -2.38. The van der Waals surface area contributed by atoms with Gasteiger partial charge < -0.3 is 19.7 Å². The van der Waals surface area contributed by atoms with E-state index in [0.29, 0.717) is 41.1 Å². The predicted octanol–water partition coefficient (Wildman–Crippen LogP) is 4.50. The monoisotopic (exact) mass is 462 g/mol. The highest BCUT2D eigenvalue weighted by molar-refractivity contribution is 5.86. The lowest BCUT2D eigenvalue weighted by Crippen LogP contribution is -2.53. The number of ether oxygens (including phenoxy) is 1. The van der Waals surface area contributed by atoms with Crippen molar-refractivity contribution in [3.8, 4) is 5.75 Å². The second-order valence-corrected chi connectivity index (χ2v) is 9.15. The molecule has 4 rings (SSSR count). The molecule has 0 aliphatic carbocycles. The van der Waals surface area contributed by atoms with E-state index in [-0.39, 0.29) is 5.39 Å². The second-order valence-electron chi connectivity index (χ2n) is 9.15. The van der Waals surface area contributed by atoms with E-state index in [9.17, 15) is 23.1 Å². The molecule has 0 bridgehead atoms. The number of para-hydroxylation sites is 1. The highest BCUT2D eigenvalue weighted by Gasteiger charge is 2.56. The third-order valence-corrected chi connectivity index (χ3v) is 6.19. The Bertz CT molecular complexity index is 1250. The number of hydrogen-bond acceptors (Lipinski definition) is 6. The molecule has 6 nitrogen and oxygen atoms in total. The molecule has 0 amide bonds. The van der Waals surface area contributed by atoms with E-state index < -0.39 is 35.8 Å². The number of aromatic nitrogens is 1. The molecule has 2 aromatic carbocycles. The summed E-state index contributed by atoms with van der Waals surface area (Å²) in [5, 5.41) is 17.9. The van der Waals surface area contributed by atoms with E-state index >= 15 is 0 Å². The Kier molecular flexibility index (Phi) is 5.64. The Morgan fingerprint density at radius 3 is 2.64 bits per heavy atom. The summed E-state index contributed by atoms with van der Waals surface area (Å²) < 4.78 is 52.7. The molecule has 3 aromatic rings. The number of alkyl halides is 3. The first-order chi connectivity index (χ1) is 15.4. The van der Waals surface area contributed by atoms with Crippen LogP contribution >= 0.6 is 0 Å². The lowest BCUT2D eigenvalue weighted by molar-refractivity contribution is -0.260. The van der Waals surface area contributed by atoms with E-state index in [0.717, 1.165) is 5.56 Å². The van der Waals surface area contributed by atoms with Crippen molar-refractivity contribution in [2.45, 2.75) is 50.8 Å². The third-order valence-electron chi connectivity index (χ3n) is 6.19. The van der Waals surface area contributed by atoms with Crippen LogP contribution in [0.3, 0.4) is 0 Å². The first-order valence-electron chi connectivity index (χ1n) is 10.6. The first-order valence-corrected chi connectivity index (χ1v) is 10.6. The third kappa shape index (κ3) is 4.29. The molecule has 0 fully saturated rings. The first kappa shape index (κ1) is 23.1. The summed E-state index contributed by atoms with van der Waals surface area (Å²) >= 11 is 0. The molecule has 0 spiro atoms. The molecule has 0 radical (unpaired) electrons. The van der Waals surface area contributed by atoms with Crippen LogP contribution < -0.4 is 15.7 Å². The van der Waals surface area contributed by atoms with E-state index in [1.54, 1.807) is 32.9 Å². The lowest BCUT2D eigenvalue weighted by atomic mass is 9.74. The number of nitrogens with one attached hydrogen (secondary N) is 1. The van der Waals surface area contributed by atoms with Crippen LogP contribution in [0.2, 0.25) is 0 Å². The molecule has 9 heteroatoms. The van der Waals surface area contributed by atoms with E-state index in [1.165, 1.54) is 18.2 Å². The Hall–Kier alpha value is -3.07. The normalized spacial score (nSPS) is 15.7. The van der Waals surface area contributed by atoms with Gasteiger partial charge in [-0.2, -0.15) is 13.2 Å². The summed E-state index contributed by atoms with van der Waals surface area (Å²) in [6.45, 7) is 4.69. The molecule has 0 saturated heterocycles. The molecule has 1 atom stereocenters. The van der Waals surface area contributed by atoms with Crippen LogP contribution in [-0.4, -0.2) is 35.2 Å². The van der Waals surface area contributed by atoms with Crippen LogP contribution in [-0.2, 0) is 11.8 Å². The molecule has 0 saturated carbocycles. The number of rotatable bonds is 6. The van der Waals surface area contributed by atoms with Crippen LogP contribution in [0.15, 0.2) is 45.7 Å². The summed E-state index contributed by atoms with van der Waals surface area (Å²) in [6.07, 6.45) is -4.75. The minimum Gasteiger partial charge on any atom is -0.493 e. The molecule has 176 valence electrons. The van der Waals surface area contributed by atoms with Gasteiger partial charge in [-0.15, -0.1) is 0 Å². The summed E-state index contributed by atoms with van der Waals surface area (Å²) in [4.78, 5) is 11.8. The van der Waals surface area contributed by atoms with Crippen LogP contribution in [0, 0.1) is 6.92 Å².